The van der Waals surface area contributed by atoms with Crippen molar-refractivity contribution < 1.29 is 25.4 Å². The second-order valence-electron chi connectivity index (χ2n) is 10.6. The first kappa shape index (κ1) is 19.1. The van der Waals surface area contributed by atoms with Gasteiger partial charge in [0.15, 0.2) is 0 Å². The molecule has 0 aromatic heterocycles. The Morgan fingerprint density at radius 2 is 1.94 bits per heavy atom. The minimum atomic E-state index is -4.50. The zero-order chi connectivity index (χ0) is 29.4. The Bertz CT molecular complexity index is 1090. The van der Waals surface area contributed by atoms with Crippen molar-refractivity contribution in [1.82, 2.24) is 0 Å². The summed E-state index contributed by atoms with van der Waals surface area (Å²) in [4.78, 5) is 0. The Morgan fingerprint density at radius 3 is 2.64 bits per heavy atom. The molecule has 33 heavy (non-hydrogen) atoms. The zero-order valence-corrected chi connectivity index (χ0v) is 21.0. The molecule has 3 rings (SSSR count). The molecule has 6 atom stereocenters. The molecule has 3 aliphatic carbocycles. The first-order valence-corrected chi connectivity index (χ1v) is 13.6. The molecule has 0 spiro atoms. The highest BCUT2D eigenvalue weighted by atomic mass is 32.3. The van der Waals surface area contributed by atoms with Gasteiger partial charge in [0.2, 0.25) is 0 Å². The number of hydrogen-bond donors (Lipinski definition) is 1. The SMILES string of the molecule is [2H]C([2H])([2H])C([C@@H](C)/C=C/[C@@H](C)[C@H]1CC[C@H]2/C(=C/C=C3/C[C@@H](OS(=O)(=O)O)CCC3=C)CCC[C@]12C)C([2H])([2H])[2H]. The van der Waals surface area contributed by atoms with Crippen LogP contribution in [0.3, 0.4) is 0 Å². The van der Waals surface area contributed by atoms with E-state index >= 15 is 0 Å². The number of allylic oxidation sites excluding steroid dienone is 6. The molecule has 1 N–H and O–H groups in total. The molecule has 0 aromatic carbocycles. The topological polar surface area (TPSA) is 63.6 Å². The van der Waals surface area contributed by atoms with E-state index in [1.807, 2.05) is 12.2 Å². The van der Waals surface area contributed by atoms with Crippen LogP contribution >= 0.6 is 0 Å². The molecular formula is C28H44O4S. The predicted octanol–water partition coefficient (Wildman–Crippen LogP) is 7.47. The Hall–Kier alpha value is -1.17. The van der Waals surface area contributed by atoms with Gasteiger partial charge in [-0.2, -0.15) is 8.42 Å². The molecule has 0 amide bonds. The molecule has 0 unspecified atom stereocenters. The smallest absolute Gasteiger partial charge is 0.264 e. The summed E-state index contributed by atoms with van der Waals surface area (Å²) in [5.74, 6) is -0.984. The maximum Gasteiger partial charge on any atom is 0.397 e. The van der Waals surface area contributed by atoms with E-state index in [4.69, 9.17) is 17.0 Å². The van der Waals surface area contributed by atoms with Gasteiger partial charge in [0.1, 0.15) is 0 Å². The van der Waals surface area contributed by atoms with Gasteiger partial charge in [-0.05, 0) is 85.5 Å². The number of fused-ring (bicyclic) bond motifs is 1. The zero-order valence-electron chi connectivity index (χ0n) is 26.2. The number of rotatable bonds is 7. The first-order chi connectivity index (χ1) is 17.8. The van der Waals surface area contributed by atoms with Crippen molar-refractivity contribution in [3.8, 4) is 0 Å². The van der Waals surface area contributed by atoms with E-state index in [0.29, 0.717) is 31.1 Å². The van der Waals surface area contributed by atoms with Gasteiger partial charge in [0, 0.05) is 14.6 Å². The maximum atomic E-state index is 11.2. The third kappa shape index (κ3) is 6.49. The molecule has 3 fully saturated rings. The maximum absolute atomic E-state index is 11.2. The summed E-state index contributed by atoms with van der Waals surface area (Å²) in [7, 11) is -4.50. The highest BCUT2D eigenvalue weighted by molar-refractivity contribution is 7.80. The summed E-state index contributed by atoms with van der Waals surface area (Å²) in [5.41, 5.74) is 3.39. The molecule has 0 radical (unpaired) electrons. The largest absolute Gasteiger partial charge is 0.397 e. The van der Waals surface area contributed by atoms with Crippen molar-refractivity contribution in [2.45, 2.75) is 91.9 Å². The van der Waals surface area contributed by atoms with Crippen LogP contribution in [0.2, 0.25) is 0 Å². The van der Waals surface area contributed by atoms with Gasteiger partial charge in [0.25, 0.3) is 0 Å². The molecular weight excluding hydrogens is 432 g/mol. The molecule has 0 bridgehead atoms. The molecule has 0 aromatic rings. The van der Waals surface area contributed by atoms with Crippen LogP contribution in [0.5, 0.6) is 0 Å². The van der Waals surface area contributed by atoms with Crippen molar-refractivity contribution in [1.29, 1.82) is 0 Å². The van der Waals surface area contributed by atoms with Crippen molar-refractivity contribution in [2.75, 3.05) is 0 Å². The minimum Gasteiger partial charge on any atom is -0.264 e. The highest BCUT2D eigenvalue weighted by Crippen LogP contribution is 2.59. The van der Waals surface area contributed by atoms with E-state index in [0.717, 1.165) is 43.3 Å². The fourth-order valence-electron chi connectivity index (χ4n) is 6.37. The van der Waals surface area contributed by atoms with Crippen molar-refractivity contribution in [3.05, 3.63) is 47.6 Å². The molecule has 3 aliphatic rings. The van der Waals surface area contributed by atoms with Crippen LogP contribution in [0.15, 0.2) is 47.6 Å². The fraction of sp³-hybridized carbons (Fsp3) is 0.714. The van der Waals surface area contributed by atoms with Gasteiger partial charge in [-0.15, -0.1) is 0 Å². The second kappa shape index (κ2) is 10.6. The van der Waals surface area contributed by atoms with Crippen LogP contribution in [0.1, 0.15) is 94.1 Å². The normalized spacial score (nSPS) is 38.9. The standard InChI is InChI=1S/C28H44O4S/c1-19(2)20(3)9-10-22(5)26-15-16-27-23(8-7-17-28(26,27)6)12-13-24-18-25(14-11-21(24)4)32-33(29,30)31/h9-10,12-13,19-20,22,25-27H,4,7-8,11,14-18H2,1-3,5-6H3,(H,29,30,31)/b10-9+,23-12+,24-13-/t20-,22+,25-,26+,27-,28+/m0/s1/i1D3,2D3. The number of hydrogen-bond acceptors (Lipinski definition) is 3. The predicted molar refractivity (Wildman–Crippen MR) is 136 cm³/mol. The van der Waals surface area contributed by atoms with Gasteiger partial charge in [-0.25, -0.2) is 4.18 Å². The van der Waals surface area contributed by atoms with Gasteiger partial charge in [0.05, 0.1) is 6.10 Å². The average molecular weight is 483 g/mol. The van der Waals surface area contributed by atoms with E-state index in [2.05, 4.69) is 26.5 Å². The Labute approximate surface area is 210 Å². The van der Waals surface area contributed by atoms with Gasteiger partial charge in [-0.3, -0.25) is 4.55 Å². The Balaban J connectivity index is 1.75. The lowest BCUT2D eigenvalue weighted by atomic mass is 9.61. The molecule has 186 valence electrons. The van der Waals surface area contributed by atoms with Crippen molar-refractivity contribution in [2.24, 2.45) is 35.0 Å². The lowest BCUT2D eigenvalue weighted by molar-refractivity contribution is 0.112. The van der Waals surface area contributed by atoms with Gasteiger partial charge in [-0.1, -0.05) is 76.5 Å². The van der Waals surface area contributed by atoms with E-state index < -0.39 is 42.0 Å². The van der Waals surface area contributed by atoms with E-state index in [9.17, 15) is 8.42 Å². The minimum absolute atomic E-state index is 0.0865. The van der Waals surface area contributed by atoms with Crippen LogP contribution < -0.4 is 0 Å². The summed E-state index contributed by atoms with van der Waals surface area (Å²) < 4.78 is 82.8. The van der Waals surface area contributed by atoms with Gasteiger partial charge >= 0.3 is 10.4 Å². The molecule has 3 saturated carbocycles. The lowest BCUT2D eigenvalue weighted by Crippen LogP contribution is -2.35. The Morgan fingerprint density at radius 1 is 1.18 bits per heavy atom. The second-order valence-corrected chi connectivity index (χ2v) is 11.7. The summed E-state index contributed by atoms with van der Waals surface area (Å²) >= 11 is 0. The third-order valence-electron chi connectivity index (χ3n) is 8.34. The fourth-order valence-corrected chi connectivity index (χ4v) is 6.88. The summed E-state index contributed by atoms with van der Waals surface area (Å²) in [6.07, 6.45) is 14.3. The summed E-state index contributed by atoms with van der Waals surface area (Å²) in [6, 6.07) is 0. The van der Waals surface area contributed by atoms with E-state index in [-0.39, 0.29) is 11.3 Å². The van der Waals surface area contributed by atoms with Crippen LogP contribution in [0.4, 0.5) is 0 Å². The average Bonchev–Trinajstić information content (AvgIpc) is 3.12. The van der Waals surface area contributed by atoms with E-state index in [1.165, 1.54) is 5.57 Å². The van der Waals surface area contributed by atoms with Crippen LogP contribution in [-0.2, 0) is 14.6 Å². The lowest BCUT2D eigenvalue weighted by Gasteiger charge is -2.44. The highest BCUT2D eigenvalue weighted by Gasteiger charge is 2.50. The molecule has 4 nitrogen and oxygen atoms in total. The monoisotopic (exact) mass is 482 g/mol. The van der Waals surface area contributed by atoms with Crippen molar-refractivity contribution >= 4 is 10.4 Å². The quantitative estimate of drug-likeness (QED) is 0.302. The van der Waals surface area contributed by atoms with E-state index in [1.54, 1.807) is 13.0 Å². The summed E-state index contributed by atoms with van der Waals surface area (Å²) in [5, 5.41) is 0. The molecule has 0 saturated heterocycles. The van der Waals surface area contributed by atoms with Crippen LogP contribution in [-0.4, -0.2) is 19.1 Å². The molecule has 5 heteroatoms. The summed E-state index contributed by atoms with van der Waals surface area (Å²) in [6.45, 7) is 5.23. The molecule has 0 aliphatic heterocycles. The third-order valence-corrected chi connectivity index (χ3v) is 8.86. The van der Waals surface area contributed by atoms with Crippen LogP contribution in [0.25, 0.3) is 0 Å². The van der Waals surface area contributed by atoms with Crippen LogP contribution in [0, 0.1) is 35.0 Å². The molecule has 0 heterocycles. The Kier molecular flexibility index (Phi) is 6.14. The first-order valence-electron chi connectivity index (χ1n) is 15.2. The van der Waals surface area contributed by atoms with Crippen molar-refractivity contribution in [3.63, 3.8) is 0 Å². The van der Waals surface area contributed by atoms with Gasteiger partial charge < -0.3 is 0 Å².